The molecule has 1 aliphatic heterocycles. The third-order valence-corrected chi connectivity index (χ3v) is 4.87. The lowest BCUT2D eigenvalue weighted by Gasteiger charge is -2.31. The van der Waals surface area contributed by atoms with Gasteiger partial charge in [0.2, 0.25) is 17.6 Å². The Morgan fingerprint density at radius 1 is 1.28 bits per heavy atom. The molecule has 1 amide bonds. The van der Waals surface area contributed by atoms with E-state index in [1.54, 1.807) is 0 Å². The molecular formula is C20H27N3O2. The molecule has 2 heterocycles. The number of carbonyl (C=O) groups excluding carboxylic acids is 1. The first-order valence-electron chi connectivity index (χ1n) is 9.35. The van der Waals surface area contributed by atoms with E-state index in [1.807, 2.05) is 29.2 Å². The molecule has 0 aliphatic carbocycles. The summed E-state index contributed by atoms with van der Waals surface area (Å²) >= 11 is 0. The summed E-state index contributed by atoms with van der Waals surface area (Å²) in [5, 5.41) is 4.13. The molecule has 0 saturated carbocycles. The molecule has 0 spiro atoms. The molecule has 25 heavy (non-hydrogen) atoms. The van der Waals surface area contributed by atoms with Crippen molar-refractivity contribution in [2.75, 3.05) is 13.1 Å². The third-order valence-electron chi connectivity index (χ3n) is 4.87. The maximum atomic E-state index is 12.4. The first-order valence-corrected chi connectivity index (χ1v) is 9.35. The van der Waals surface area contributed by atoms with Gasteiger partial charge in [0, 0.05) is 25.1 Å². The van der Waals surface area contributed by atoms with E-state index < -0.39 is 0 Å². The van der Waals surface area contributed by atoms with Crippen molar-refractivity contribution in [1.82, 2.24) is 15.0 Å². The standard InChI is InChI=1S/C20H27N3O2/c1-3-4-5-8-18(24)23-13-6-7-17(14-23)20-21-19(22-25-20)16-11-9-15(2)10-12-16/h9-12,17H,3-8,13-14H2,1-2H3. The zero-order valence-electron chi connectivity index (χ0n) is 15.2. The number of benzene rings is 1. The largest absolute Gasteiger partial charge is 0.342 e. The van der Waals surface area contributed by atoms with Crippen molar-refractivity contribution < 1.29 is 9.32 Å². The number of hydrogen-bond donors (Lipinski definition) is 0. The summed E-state index contributed by atoms with van der Waals surface area (Å²) < 4.78 is 5.52. The number of nitrogens with zero attached hydrogens (tertiary/aromatic N) is 3. The zero-order chi connectivity index (χ0) is 17.6. The highest BCUT2D eigenvalue weighted by Gasteiger charge is 2.28. The molecule has 1 fully saturated rings. The highest BCUT2D eigenvalue weighted by molar-refractivity contribution is 5.76. The van der Waals surface area contributed by atoms with Gasteiger partial charge in [0.05, 0.1) is 5.92 Å². The van der Waals surface area contributed by atoms with Gasteiger partial charge in [-0.25, -0.2) is 0 Å². The molecule has 2 aromatic rings. The summed E-state index contributed by atoms with van der Waals surface area (Å²) in [4.78, 5) is 18.9. The van der Waals surface area contributed by atoms with Gasteiger partial charge in [-0.1, -0.05) is 54.8 Å². The maximum absolute atomic E-state index is 12.4. The molecule has 5 heteroatoms. The molecule has 0 N–H and O–H groups in total. The van der Waals surface area contributed by atoms with Crippen molar-refractivity contribution in [3.8, 4) is 11.4 Å². The van der Waals surface area contributed by atoms with Gasteiger partial charge in [0.1, 0.15) is 0 Å². The van der Waals surface area contributed by atoms with Gasteiger partial charge in [-0.3, -0.25) is 4.79 Å². The number of rotatable bonds is 6. The topological polar surface area (TPSA) is 59.2 Å². The van der Waals surface area contributed by atoms with Crippen molar-refractivity contribution in [1.29, 1.82) is 0 Å². The van der Waals surface area contributed by atoms with E-state index in [0.717, 1.165) is 44.2 Å². The van der Waals surface area contributed by atoms with Crippen LogP contribution in [0.15, 0.2) is 28.8 Å². The fourth-order valence-corrected chi connectivity index (χ4v) is 3.31. The van der Waals surface area contributed by atoms with Crippen LogP contribution in [0.5, 0.6) is 0 Å². The van der Waals surface area contributed by atoms with Crippen LogP contribution in [0.1, 0.15) is 62.8 Å². The summed E-state index contributed by atoms with van der Waals surface area (Å²) in [6.45, 7) is 5.75. The lowest BCUT2D eigenvalue weighted by atomic mass is 9.97. The maximum Gasteiger partial charge on any atom is 0.231 e. The smallest absolute Gasteiger partial charge is 0.231 e. The number of piperidine rings is 1. The van der Waals surface area contributed by atoms with Gasteiger partial charge in [-0.2, -0.15) is 4.98 Å². The number of aryl methyl sites for hydroxylation is 1. The second-order valence-electron chi connectivity index (χ2n) is 6.96. The molecule has 0 radical (unpaired) electrons. The Hall–Kier alpha value is -2.17. The summed E-state index contributed by atoms with van der Waals surface area (Å²) in [7, 11) is 0. The van der Waals surface area contributed by atoms with Crippen LogP contribution in [0.4, 0.5) is 0 Å². The SMILES string of the molecule is CCCCCC(=O)N1CCCC(c2nc(-c3ccc(C)cc3)no2)C1. The molecule has 1 aromatic heterocycles. The Morgan fingerprint density at radius 3 is 2.84 bits per heavy atom. The van der Waals surface area contributed by atoms with Crippen LogP contribution in [-0.2, 0) is 4.79 Å². The van der Waals surface area contributed by atoms with Gasteiger partial charge in [0.15, 0.2) is 0 Å². The van der Waals surface area contributed by atoms with Crippen molar-refractivity contribution in [2.24, 2.45) is 0 Å². The highest BCUT2D eigenvalue weighted by Crippen LogP contribution is 2.28. The predicted molar refractivity (Wildman–Crippen MR) is 97.2 cm³/mol. The van der Waals surface area contributed by atoms with E-state index >= 15 is 0 Å². The summed E-state index contributed by atoms with van der Waals surface area (Å²) in [5.41, 5.74) is 2.17. The van der Waals surface area contributed by atoms with Gasteiger partial charge < -0.3 is 9.42 Å². The average Bonchev–Trinajstić information content (AvgIpc) is 3.13. The number of aromatic nitrogens is 2. The Balaban J connectivity index is 1.63. The van der Waals surface area contributed by atoms with Crippen molar-refractivity contribution in [3.63, 3.8) is 0 Å². The molecule has 1 saturated heterocycles. The number of amides is 1. The van der Waals surface area contributed by atoms with Crippen LogP contribution in [0.3, 0.4) is 0 Å². The van der Waals surface area contributed by atoms with Crippen LogP contribution < -0.4 is 0 Å². The molecule has 3 rings (SSSR count). The quantitative estimate of drug-likeness (QED) is 0.734. The second-order valence-corrected chi connectivity index (χ2v) is 6.96. The predicted octanol–water partition coefficient (Wildman–Crippen LogP) is 4.33. The first kappa shape index (κ1) is 17.6. The van der Waals surface area contributed by atoms with Crippen LogP contribution in [0.25, 0.3) is 11.4 Å². The fourth-order valence-electron chi connectivity index (χ4n) is 3.31. The van der Waals surface area contributed by atoms with Gasteiger partial charge in [0.25, 0.3) is 0 Å². The lowest BCUT2D eigenvalue weighted by molar-refractivity contribution is -0.132. The van der Waals surface area contributed by atoms with E-state index in [1.165, 1.54) is 5.56 Å². The lowest BCUT2D eigenvalue weighted by Crippen LogP contribution is -2.39. The highest BCUT2D eigenvalue weighted by atomic mass is 16.5. The van der Waals surface area contributed by atoms with Crippen molar-refractivity contribution in [3.05, 3.63) is 35.7 Å². The van der Waals surface area contributed by atoms with Gasteiger partial charge >= 0.3 is 0 Å². The van der Waals surface area contributed by atoms with Crippen molar-refractivity contribution >= 4 is 5.91 Å². The molecule has 1 unspecified atom stereocenters. The summed E-state index contributed by atoms with van der Waals surface area (Å²) in [6.07, 6.45) is 5.88. The zero-order valence-corrected chi connectivity index (χ0v) is 15.2. The number of likely N-dealkylation sites (tertiary alicyclic amines) is 1. The fraction of sp³-hybridized carbons (Fsp3) is 0.550. The Morgan fingerprint density at radius 2 is 2.08 bits per heavy atom. The van der Waals surface area contributed by atoms with Crippen LogP contribution in [-0.4, -0.2) is 34.0 Å². The first-order chi connectivity index (χ1) is 12.2. The molecule has 134 valence electrons. The molecule has 1 aromatic carbocycles. The Bertz CT molecular complexity index is 693. The molecular weight excluding hydrogens is 314 g/mol. The minimum atomic E-state index is 0.149. The van der Waals surface area contributed by atoms with E-state index in [4.69, 9.17) is 4.52 Å². The minimum absolute atomic E-state index is 0.149. The van der Waals surface area contributed by atoms with Crippen LogP contribution >= 0.6 is 0 Å². The Kier molecular flexibility index (Phi) is 5.84. The van der Waals surface area contributed by atoms with Gasteiger partial charge in [-0.15, -0.1) is 0 Å². The van der Waals surface area contributed by atoms with Crippen LogP contribution in [0, 0.1) is 6.92 Å². The normalized spacial score (nSPS) is 17.7. The number of carbonyl (C=O) groups is 1. The van der Waals surface area contributed by atoms with Gasteiger partial charge in [-0.05, 0) is 26.2 Å². The molecule has 0 bridgehead atoms. The molecule has 5 nitrogen and oxygen atoms in total. The summed E-state index contributed by atoms with van der Waals surface area (Å²) in [5.74, 6) is 1.69. The van der Waals surface area contributed by atoms with E-state index in [-0.39, 0.29) is 11.8 Å². The Labute approximate surface area is 149 Å². The number of hydrogen-bond acceptors (Lipinski definition) is 4. The third kappa shape index (κ3) is 4.47. The average molecular weight is 341 g/mol. The summed E-state index contributed by atoms with van der Waals surface area (Å²) in [6, 6.07) is 8.11. The molecule has 1 atom stereocenters. The van der Waals surface area contributed by atoms with E-state index in [0.29, 0.717) is 24.7 Å². The monoisotopic (exact) mass is 341 g/mol. The van der Waals surface area contributed by atoms with Crippen molar-refractivity contribution in [2.45, 2.75) is 58.3 Å². The second kappa shape index (κ2) is 8.28. The molecule has 1 aliphatic rings. The van der Waals surface area contributed by atoms with E-state index in [9.17, 15) is 4.79 Å². The van der Waals surface area contributed by atoms with E-state index in [2.05, 4.69) is 24.0 Å². The van der Waals surface area contributed by atoms with Crippen LogP contribution in [0.2, 0.25) is 0 Å². The minimum Gasteiger partial charge on any atom is -0.342 e. The number of unbranched alkanes of at least 4 members (excludes halogenated alkanes) is 2.